The average Bonchev–Trinajstić information content (AvgIpc) is 3.40. The Morgan fingerprint density at radius 2 is 0.825 bits per heavy atom. The van der Waals surface area contributed by atoms with Crippen LogP contribution in [0.3, 0.4) is 0 Å². The maximum absolute atomic E-state index is 12.2. The van der Waals surface area contributed by atoms with Crippen molar-refractivity contribution in [3.8, 4) is 0 Å². The van der Waals surface area contributed by atoms with Crippen molar-refractivity contribution in [3.05, 3.63) is 62.7 Å². The second kappa shape index (κ2) is 19.4. The van der Waals surface area contributed by atoms with Crippen LogP contribution in [0.15, 0.2) is 35.9 Å². The summed E-state index contributed by atoms with van der Waals surface area (Å²) in [7, 11) is 2.21. The molecule has 0 saturated carbocycles. The SMILES string of the molecule is C.CC(C)(C)C.CC(C)(C)C1=CC(C)(C)N([O-])C1(C)C.CC(C)(C)C1CC(C)(C)N([O-])C(C)(C)C1.CC(C)(C)C1CC(C)(C)N([O-])C1(C)C.CN1C(C)(C)c2ccccc2C1(C)C. The molecule has 0 aromatic heterocycles. The molecule has 0 amide bonds. The summed E-state index contributed by atoms with van der Waals surface area (Å²) in [5.74, 6) is 1.09. The molecule has 0 N–H and O–H groups in total. The van der Waals surface area contributed by atoms with E-state index in [0.29, 0.717) is 22.7 Å². The number of hydrogen-bond acceptors (Lipinski definition) is 7. The van der Waals surface area contributed by atoms with E-state index >= 15 is 0 Å². The largest absolute Gasteiger partial charge is 0.784 e. The zero-order valence-corrected chi connectivity index (χ0v) is 46.7. The average molecular weight is 884 g/mol. The summed E-state index contributed by atoms with van der Waals surface area (Å²) in [6.45, 7) is 62.4. The van der Waals surface area contributed by atoms with Gasteiger partial charge >= 0.3 is 0 Å². The molecule has 0 bridgehead atoms. The van der Waals surface area contributed by atoms with Gasteiger partial charge in [0.1, 0.15) is 0 Å². The van der Waals surface area contributed by atoms with Gasteiger partial charge in [0.05, 0.1) is 0 Å². The lowest BCUT2D eigenvalue weighted by Gasteiger charge is -2.61. The minimum atomic E-state index is -0.373. The Labute approximate surface area is 393 Å². The Morgan fingerprint density at radius 3 is 1.03 bits per heavy atom. The number of piperidine rings is 1. The molecule has 2 saturated heterocycles. The molecular weight excluding hydrogens is 777 g/mol. The molecule has 5 rings (SSSR count). The van der Waals surface area contributed by atoms with Gasteiger partial charge < -0.3 is 30.8 Å². The molecule has 4 aliphatic heterocycles. The zero-order chi connectivity index (χ0) is 49.9. The number of hydrogen-bond donors (Lipinski definition) is 0. The fraction of sp³-hybridized carbons (Fsp3) is 0.857. The Hall–Kier alpha value is -1.32. The maximum Gasteiger partial charge on any atom is 0.0413 e. The van der Waals surface area contributed by atoms with E-state index in [2.05, 4.69) is 202 Å². The van der Waals surface area contributed by atoms with E-state index < -0.39 is 0 Å². The van der Waals surface area contributed by atoms with Crippen LogP contribution < -0.4 is 0 Å². The second-order valence-electron chi connectivity index (χ2n) is 28.8. The van der Waals surface area contributed by atoms with Crippen molar-refractivity contribution in [1.82, 2.24) is 20.1 Å². The van der Waals surface area contributed by atoms with Crippen LogP contribution >= 0.6 is 0 Å². The third-order valence-corrected chi connectivity index (χ3v) is 14.4. The van der Waals surface area contributed by atoms with E-state index in [0.717, 1.165) is 19.3 Å². The van der Waals surface area contributed by atoms with E-state index in [1.54, 1.807) is 0 Å². The van der Waals surface area contributed by atoms with Crippen LogP contribution in [0.2, 0.25) is 0 Å². The molecule has 1 aromatic carbocycles. The smallest absolute Gasteiger partial charge is 0.0413 e. The van der Waals surface area contributed by atoms with Gasteiger partial charge in [-0.25, -0.2) is 0 Å². The van der Waals surface area contributed by atoms with Gasteiger partial charge in [0, 0.05) is 44.3 Å². The lowest BCUT2D eigenvalue weighted by atomic mass is 9.65. The minimum absolute atomic E-state index is 0. The minimum Gasteiger partial charge on any atom is -0.784 e. The fourth-order valence-electron chi connectivity index (χ4n) is 11.2. The van der Waals surface area contributed by atoms with Crippen molar-refractivity contribution in [2.75, 3.05) is 7.05 Å². The highest BCUT2D eigenvalue weighted by Crippen LogP contribution is 2.52. The lowest BCUT2D eigenvalue weighted by Crippen LogP contribution is -2.59. The number of hydroxylamine groups is 6. The van der Waals surface area contributed by atoms with Crippen molar-refractivity contribution < 1.29 is 0 Å². The van der Waals surface area contributed by atoms with Crippen LogP contribution in [0.5, 0.6) is 0 Å². The van der Waals surface area contributed by atoms with E-state index in [9.17, 15) is 15.6 Å². The number of fused-ring (bicyclic) bond motifs is 1. The van der Waals surface area contributed by atoms with Gasteiger partial charge in [-0.2, -0.15) is 0 Å². The molecule has 1 unspecified atom stereocenters. The molecule has 0 spiro atoms. The number of nitrogens with zero attached hydrogens (tertiary/aromatic N) is 4. The molecule has 63 heavy (non-hydrogen) atoms. The zero-order valence-electron chi connectivity index (χ0n) is 46.7. The molecule has 1 aromatic rings. The van der Waals surface area contributed by atoms with Gasteiger partial charge in [-0.15, -0.1) is 0 Å². The van der Waals surface area contributed by atoms with E-state index in [4.69, 9.17) is 0 Å². The van der Waals surface area contributed by atoms with Crippen molar-refractivity contribution in [3.63, 3.8) is 0 Å². The van der Waals surface area contributed by atoms with Crippen LogP contribution in [-0.2, 0) is 11.1 Å². The van der Waals surface area contributed by atoms with Gasteiger partial charge in [-0.3, -0.25) is 4.90 Å². The van der Waals surface area contributed by atoms with E-state index in [1.165, 1.54) is 31.9 Å². The van der Waals surface area contributed by atoms with Gasteiger partial charge in [0.25, 0.3) is 0 Å². The van der Waals surface area contributed by atoms with Crippen molar-refractivity contribution in [1.29, 1.82) is 0 Å². The third-order valence-electron chi connectivity index (χ3n) is 14.4. The van der Waals surface area contributed by atoms with Gasteiger partial charge in [0.15, 0.2) is 0 Å². The predicted molar refractivity (Wildman–Crippen MR) is 279 cm³/mol. The fourth-order valence-corrected chi connectivity index (χ4v) is 11.2. The molecule has 7 heteroatoms. The monoisotopic (exact) mass is 884 g/mol. The first-order chi connectivity index (χ1) is 26.8. The van der Waals surface area contributed by atoms with Crippen molar-refractivity contribution in [2.24, 2.45) is 33.5 Å². The van der Waals surface area contributed by atoms with Crippen molar-refractivity contribution in [2.45, 2.75) is 272 Å². The first kappa shape index (κ1) is 61.7. The summed E-state index contributed by atoms with van der Waals surface area (Å²) in [6.07, 6.45) is 5.12. The van der Waals surface area contributed by atoms with Gasteiger partial charge in [-0.05, 0) is 187 Å². The summed E-state index contributed by atoms with van der Waals surface area (Å²) in [4.78, 5) is 2.45. The van der Waals surface area contributed by atoms with Crippen LogP contribution in [0, 0.1) is 49.1 Å². The van der Waals surface area contributed by atoms with E-state index in [-0.39, 0.29) is 62.6 Å². The second-order valence-corrected chi connectivity index (χ2v) is 28.8. The Balaban J connectivity index is 0.000000781. The highest BCUT2D eigenvalue weighted by molar-refractivity contribution is 5.42. The number of rotatable bonds is 0. The molecule has 0 radical (unpaired) electrons. The molecule has 372 valence electrons. The molecule has 1 atom stereocenters. The van der Waals surface area contributed by atoms with Crippen LogP contribution in [0.1, 0.15) is 239 Å². The summed E-state index contributed by atoms with van der Waals surface area (Å²) < 4.78 is 0. The lowest BCUT2D eigenvalue weighted by molar-refractivity contribution is -0.0410. The highest BCUT2D eigenvalue weighted by Gasteiger charge is 2.51. The third kappa shape index (κ3) is 14.6. The quantitative estimate of drug-likeness (QED) is 0.240. The topological polar surface area (TPSA) is 82.1 Å². The van der Waals surface area contributed by atoms with Gasteiger partial charge in [0.2, 0.25) is 0 Å². The van der Waals surface area contributed by atoms with E-state index in [1.807, 2.05) is 41.5 Å². The van der Waals surface area contributed by atoms with Crippen molar-refractivity contribution >= 4 is 0 Å². The Morgan fingerprint density at radius 1 is 0.492 bits per heavy atom. The van der Waals surface area contributed by atoms with Gasteiger partial charge in [-0.1, -0.05) is 128 Å². The molecule has 2 fully saturated rings. The summed E-state index contributed by atoms with van der Waals surface area (Å²) >= 11 is 0. The summed E-state index contributed by atoms with van der Waals surface area (Å²) in [6, 6.07) is 8.77. The number of benzene rings is 1. The molecule has 4 heterocycles. The first-order valence-corrected chi connectivity index (χ1v) is 23.8. The maximum atomic E-state index is 12.2. The predicted octanol–water partition coefficient (Wildman–Crippen LogP) is 16.3. The molecule has 0 aliphatic carbocycles. The standard InChI is InChI=1S/C13H26NO.C13H19N.C12H24NO.C12H22NO.C5H12.CH4/c1-11(2,3)10-8-12(4,5)14(15)13(6,7)9-10;1-12(2)10-8-6-7-9-11(10)13(3,4)14(12)5;2*1-10(2,3)9-8-11(4,5)13(14)12(9,6)7;1-5(2,3)4;/h10H,8-9H2,1-7H3;6-9H,1-5H3;9H,8H2,1-7H3;8H,1-7H3;1-4H3;1H4/q-1;;2*-1;;. The summed E-state index contributed by atoms with van der Waals surface area (Å²) in [5, 5.41) is 40.2. The Kier molecular flexibility index (Phi) is 18.9. The Bertz CT molecular complexity index is 1590. The normalized spacial score (nSPS) is 25.9. The summed E-state index contributed by atoms with van der Waals surface area (Å²) in [5.41, 5.74) is 3.93. The molecular formula is C56H107N4O3-3. The molecule has 4 aliphatic rings. The first-order valence-electron chi connectivity index (χ1n) is 23.8. The van der Waals surface area contributed by atoms with Crippen LogP contribution in [0.4, 0.5) is 0 Å². The highest BCUT2D eigenvalue weighted by atomic mass is 16.5. The molecule has 7 nitrogen and oxygen atoms in total. The van der Waals surface area contributed by atoms with Crippen LogP contribution in [-0.4, -0.2) is 60.4 Å². The van der Waals surface area contributed by atoms with Crippen LogP contribution in [0.25, 0.3) is 0 Å².